The molecule has 8 nitrogen and oxygen atoms in total. The lowest BCUT2D eigenvalue weighted by atomic mass is 10.1. The van der Waals surface area contributed by atoms with Crippen molar-refractivity contribution in [3.8, 4) is 0 Å². The van der Waals surface area contributed by atoms with Crippen LogP contribution in [0.15, 0.2) is 35.4 Å². The predicted molar refractivity (Wildman–Crippen MR) is 71.1 cm³/mol. The average Bonchev–Trinajstić information content (AvgIpc) is 2.95. The van der Waals surface area contributed by atoms with Crippen LogP contribution in [0.4, 0.5) is 5.95 Å². The number of rotatable bonds is 3. The van der Waals surface area contributed by atoms with Gasteiger partial charge in [0.2, 0.25) is 11.9 Å². The molecule has 3 rings (SSSR count). The number of carbonyl (C=O) groups excluding carboxylic acids is 1. The molecule has 1 aromatic carbocycles. The van der Waals surface area contributed by atoms with E-state index in [1.165, 1.54) is 6.33 Å². The first-order chi connectivity index (χ1) is 9.74. The zero-order chi connectivity index (χ0) is 13.9. The van der Waals surface area contributed by atoms with Crippen molar-refractivity contribution >= 4 is 22.6 Å². The standard InChI is InChI=1S/C12H10N6O2/c19-10(15-12-13-6-14-18-12)5-9-7-3-1-2-4-8(7)11(20)17-16-9/h1-4,6H,5H2,(H,17,20)(H2,13,14,15,18,19). The minimum absolute atomic E-state index is 0.0258. The van der Waals surface area contributed by atoms with E-state index in [0.29, 0.717) is 16.5 Å². The summed E-state index contributed by atoms with van der Waals surface area (Å²) in [6, 6.07) is 7.00. The molecule has 0 aliphatic rings. The van der Waals surface area contributed by atoms with Crippen LogP contribution in [0.25, 0.3) is 10.8 Å². The normalized spacial score (nSPS) is 10.6. The zero-order valence-corrected chi connectivity index (χ0v) is 10.3. The van der Waals surface area contributed by atoms with Gasteiger partial charge in [-0.3, -0.25) is 14.9 Å². The average molecular weight is 270 g/mol. The number of aromatic amines is 2. The molecule has 0 unspecified atom stereocenters. The first-order valence-corrected chi connectivity index (χ1v) is 5.85. The quantitative estimate of drug-likeness (QED) is 0.629. The highest BCUT2D eigenvalue weighted by atomic mass is 16.2. The molecule has 0 atom stereocenters. The second kappa shape index (κ2) is 4.92. The number of nitrogens with zero attached hydrogens (tertiary/aromatic N) is 3. The predicted octanol–water partition coefficient (Wildman–Crippen LogP) is 0.222. The Morgan fingerprint density at radius 2 is 2.00 bits per heavy atom. The van der Waals surface area contributed by atoms with Crippen molar-refractivity contribution in [2.45, 2.75) is 6.42 Å². The minimum atomic E-state index is -0.300. The summed E-state index contributed by atoms with van der Waals surface area (Å²) >= 11 is 0. The maximum Gasteiger partial charge on any atom is 0.272 e. The second-order valence-corrected chi connectivity index (χ2v) is 4.10. The van der Waals surface area contributed by atoms with Gasteiger partial charge in [0.1, 0.15) is 6.33 Å². The van der Waals surface area contributed by atoms with Gasteiger partial charge in [-0.15, -0.1) is 0 Å². The fourth-order valence-corrected chi connectivity index (χ4v) is 1.90. The Balaban J connectivity index is 1.89. The van der Waals surface area contributed by atoms with Gasteiger partial charge in [-0.2, -0.15) is 15.2 Å². The summed E-state index contributed by atoms with van der Waals surface area (Å²) < 4.78 is 0. The van der Waals surface area contributed by atoms with Crippen LogP contribution in [0.3, 0.4) is 0 Å². The van der Waals surface area contributed by atoms with Crippen LogP contribution in [0.1, 0.15) is 5.69 Å². The van der Waals surface area contributed by atoms with E-state index in [9.17, 15) is 9.59 Å². The molecule has 0 aliphatic heterocycles. The number of amides is 1. The molecule has 2 heterocycles. The molecule has 2 aromatic heterocycles. The Bertz CT molecular complexity index is 808. The lowest BCUT2D eigenvalue weighted by molar-refractivity contribution is -0.115. The van der Waals surface area contributed by atoms with E-state index >= 15 is 0 Å². The number of nitrogens with one attached hydrogen (secondary N) is 3. The maximum absolute atomic E-state index is 11.9. The van der Waals surface area contributed by atoms with Crippen molar-refractivity contribution in [2.24, 2.45) is 0 Å². The van der Waals surface area contributed by atoms with Crippen molar-refractivity contribution in [1.29, 1.82) is 0 Å². The number of aromatic nitrogens is 5. The highest BCUT2D eigenvalue weighted by Crippen LogP contribution is 2.13. The molecule has 0 spiro atoms. The van der Waals surface area contributed by atoms with E-state index in [1.807, 2.05) is 0 Å². The molecule has 0 fully saturated rings. The molecule has 0 bridgehead atoms. The van der Waals surface area contributed by atoms with Gasteiger partial charge in [0.05, 0.1) is 17.5 Å². The molecule has 8 heteroatoms. The second-order valence-electron chi connectivity index (χ2n) is 4.10. The lowest BCUT2D eigenvalue weighted by Crippen LogP contribution is -2.19. The Hall–Kier alpha value is -3.03. The van der Waals surface area contributed by atoms with Gasteiger partial charge in [-0.1, -0.05) is 18.2 Å². The Labute approximate surface area is 112 Å². The maximum atomic E-state index is 11.9. The van der Waals surface area contributed by atoms with E-state index in [4.69, 9.17) is 0 Å². The van der Waals surface area contributed by atoms with Crippen LogP contribution >= 0.6 is 0 Å². The minimum Gasteiger partial charge on any atom is -0.295 e. The summed E-state index contributed by atoms with van der Waals surface area (Å²) in [4.78, 5) is 27.3. The number of anilines is 1. The van der Waals surface area contributed by atoms with E-state index in [1.54, 1.807) is 24.3 Å². The van der Waals surface area contributed by atoms with Gasteiger partial charge in [-0.05, 0) is 6.07 Å². The summed E-state index contributed by atoms with van der Waals surface area (Å²) in [6.07, 6.45) is 1.32. The highest BCUT2D eigenvalue weighted by Gasteiger charge is 2.11. The number of fused-ring (bicyclic) bond motifs is 1. The monoisotopic (exact) mass is 270 g/mol. The molecule has 0 radical (unpaired) electrons. The molecule has 1 amide bonds. The Morgan fingerprint density at radius 3 is 2.75 bits per heavy atom. The molecule has 3 N–H and O–H groups in total. The first kappa shape index (κ1) is 12.0. The number of H-pyrrole nitrogens is 2. The molecule has 0 saturated carbocycles. The van der Waals surface area contributed by atoms with Gasteiger partial charge >= 0.3 is 0 Å². The number of benzene rings is 1. The van der Waals surface area contributed by atoms with Crippen LogP contribution in [0, 0.1) is 0 Å². The van der Waals surface area contributed by atoms with Gasteiger partial charge < -0.3 is 0 Å². The first-order valence-electron chi connectivity index (χ1n) is 5.85. The molecule has 3 aromatic rings. The van der Waals surface area contributed by atoms with E-state index in [2.05, 4.69) is 30.7 Å². The summed E-state index contributed by atoms with van der Waals surface area (Å²) in [5.74, 6) is -0.0322. The zero-order valence-electron chi connectivity index (χ0n) is 10.3. The smallest absolute Gasteiger partial charge is 0.272 e. The largest absolute Gasteiger partial charge is 0.295 e. The van der Waals surface area contributed by atoms with Crippen molar-refractivity contribution in [1.82, 2.24) is 25.4 Å². The topological polar surface area (TPSA) is 116 Å². The van der Waals surface area contributed by atoms with Gasteiger partial charge in [0, 0.05) is 5.39 Å². The highest BCUT2D eigenvalue weighted by molar-refractivity contribution is 5.94. The van der Waals surface area contributed by atoms with Crippen molar-refractivity contribution in [3.05, 3.63) is 46.6 Å². The molecule has 20 heavy (non-hydrogen) atoms. The van der Waals surface area contributed by atoms with E-state index in [0.717, 1.165) is 0 Å². The third-order valence-electron chi connectivity index (χ3n) is 2.78. The third-order valence-corrected chi connectivity index (χ3v) is 2.78. The van der Waals surface area contributed by atoms with Crippen LogP contribution < -0.4 is 10.9 Å². The fraction of sp³-hybridized carbons (Fsp3) is 0.0833. The van der Waals surface area contributed by atoms with Crippen LogP contribution in [-0.2, 0) is 11.2 Å². The SMILES string of the molecule is O=C(Cc1n[nH]c(=O)c2ccccc12)Nc1ncn[nH]1. The number of hydrogen-bond donors (Lipinski definition) is 3. The van der Waals surface area contributed by atoms with Crippen LogP contribution in [0.5, 0.6) is 0 Å². The van der Waals surface area contributed by atoms with Gasteiger partial charge in [-0.25, -0.2) is 10.2 Å². The third kappa shape index (κ3) is 2.26. The fourth-order valence-electron chi connectivity index (χ4n) is 1.90. The van der Waals surface area contributed by atoms with Crippen molar-refractivity contribution in [3.63, 3.8) is 0 Å². The van der Waals surface area contributed by atoms with Gasteiger partial charge in [0.25, 0.3) is 5.56 Å². The van der Waals surface area contributed by atoms with Crippen molar-refractivity contribution < 1.29 is 4.79 Å². The van der Waals surface area contributed by atoms with Crippen LogP contribution in [0.2, 0.25) is 0 Å². The van der Waals surface area contributed by atoms with Crippen molar-refractivity contribution in [2.75, 3.05) is 5.32 Å². The molecule has 100 valence electrons. The lowest BCUT2D eigenvalue weighted by Gasteiger charge is -2.04. The van der Waals surface area contributed by atoms with E-state index in [-0.39, 0.29) is 23.8 Å². The van der Waals surface area contributed by atoms with Crippen LogP contribution in [-0.4, -0.2) is 31.3 Å². The molecular weight excluding hydrogens is 260 g/mol. The molecule has 0 aliphatic carbocycles. The Morgan fingerprint density at radius 1 is 1.20 bits per heavy atom. The summed E-state index contributed by atoms with van der Waals surface area (Å²) in [6.45, 7) is 0. The summed E-state index contributed by atoms with van der Waals surface area (Å²) in [5, 5.41) is 16.2. The molecule has 0 saturated heterocycles. The number of carbonyl (C=O) groups is 1. The summed E-state index contributed by atoms with van der Waals surface area (Å²) in [5.41, 5.74) is 0.220. The summed E-state index contributed by atoms with van der Waals surface area (Å²) in [7, 11) is 0. The van der Waals surface area contributed by atoms with Gasteiger partial charge in [0.15, 0.2) is 0 Å². The van der Waals surface area contributed by atoms with E-state index < -0.39 is 0 Å². The molecular formula is C12H10N6O2. The number of hydrogen-bond acceptors (Lipinski definition) is 5. The Kier molecular flexibility index (Phi) is 2.96.